The Morgan fingerprint density at radius 3 is 2.81 bits per heavy atom. The zero-order chi connectivity index (χ0) is 17.3. The molecule has 2 unspecified atom stereocenters. The van der Waals surface area contributed by atoms with Gasteiger partial charge in [-0.2, -0.15) is 0 Å². The summed E-state index contributed by atoms with van der Waals surface area (Å²) in [5.41, 5.74) is 0. The van der Waals surface area contributed by atoms with Gasteiger partial charge in [0.1, 0.15) is 0 Å². The molecule has 1 saturated carbocycles. The summed E-state index contributed by atoms with van der Waals surface area (Å²) in [5, 5.41) is 6.80. The van der Waals surface area contributed by atoms with E-state index in [4.69, 9.17) is 14.5 Å². The summed E-state index contributed by atoms with van der Waals surface area (Å²) in [6, 6.07) is 0.899. The zero-order valence-electron chi connectivity index (χ0n) is 16.3. The lowest BCUT2D eigenvalue weighted by molar-refractivity contribution is 0.0888. The third kappa shape index (κ3) is 7.86. The summed E-state index contributed by atoms with van der Waals surface area (Å²) in [7, 11) is 0. The molecule has 152 valence electrons. The van der Waals surface area contributed by atoms with Crippen molar-refractivity contribution in [2.45, 2.75) is 45.1 Å². The van der Waals surface area contributed by atoms with Crippen LogP contribution in [0.1, 0.15) is 39.0 Å². The highest BCUT2D eigenvalue weighted by Crippen LogP contribution is 2.31. The largest absolute Gasteiger partial charge is 0.381 e. The van der Waals surface area contributed by atoms with Crippen molar-refractivity contribution >= 4 is 29.9 Å². The minimum absolute atomic E-state index is 0. The molecule has 3 rings (SSSR count). The van der Waals surface area contributed by atoms with Gasteiger partial charge in [-0.15, -0.1) is 24.0 Å². The molecule has 0 aromatic carbocycles. The SMILES string of the molecule is CCNC(=NCC1CCN(C2CC2)C1)NCCCOCC1CCOC1.I. The second-order valence-corrected chi connectivity index (χ2v) is 7.69. The molecule has 26 heavy (non-hydrogen) atoms. The van der Waals surface area contributed by atoms with Gasteiger partial charge < -0.3 is 25.0 Å². The Kier molecular flexibility index (Phi) is 10.5. The van der Waals surface area contributed by atoms with Crippen molar-refractivity contribution in [1.29, 1.82) is 0 Å². The van der Waals surface area contributed by atoms with E-state index in [0.29, 0.717) is 5.92 Å². The molecule has 2 atom stereocenters. The number of guanidine groups is 1. The quantitative estimate of drug-likeness (QED) is 0.217. The fraction of sp³-hybridized carbons (Fsp3) is 0.947. The van der Waals surface area contributed by atoms with Gasteiger partial charge in [-0.25, -0.2) is 0 Å². The predicted octanol–water partition coefficient (Wildman–Crippen LogP) is 2.09. The second kappa shape index (κ2) is 12.4. The summed E-state index contributed by atoms with van der Waals surface area (Å²) in [4.78, 5) is 7.46. The number of likely N-dealkylation sites (tertiary alicyclic amines) is 1. The molecule has 6 nitrogen and oxygen atoms in total. The topological polar surface area (TPSA) is 58.1 Å². The minimum Gasteiger partial charge on any atom is -0.381 e. The molecule has 2 saturated heterocycles. The van der Waals surface area contributed by atoms with E-state index < -0.39 is 0 Å². The number of rotatable bonds is 10. The Hall–Kier alpha value is -0.120. The van der Waals surface area contributed by atoms with Crippen LogP contribution in [0.2, 0.25) is 0 Å². The highest BCUT2D eigenvalue weighted by molar-refractivity contribution is 14.0. The summed E-state index contributed by atoms with van der Waals surface area (Å²) in [6.07, 6.45) is 6.29. The minimum atomic E-state index is 0. The number of aliphatic imine (C=N–C) groups is 1. The van der Waals surface area contributed by atoms with Crippen LogP contribution in [-0.2, 0) is 9.47 Å². The van der Waals surface area contributed by atoms with Crippen LogP contribution in [0.5, 0.6) is 0 Å². The van der Waals surface area contributed by atoms with Crippen LogP contribution in [0, 0.1) is 11.8 Å². The van der Waals surface area contributed by atoms with Gasteiger partial charge in [-0.05, 0) is 51.5 Å². The average Bonchev–Trinajstić information content (AvgIpc) is 3.14. The Balaban J connectivity index is 0.00000243. The maximum absolute atomic E-state index is 5.75. The van der Waals surface area contributed by atoms with E-state index in [9.17, 15) is 0 Å². The van der Waals surface area contributed by atoms with Crippen molar-refractivity contribution in [2.75, 3.05) is 59.2 Å². The number of nitrogens with zero attached hydrogens (tertiary/aromatic N) is 2. The third-order valence-electron chi connectivity index (χ3n) is 5.37. The average molecular weight is 480 g/mol. The number of nitrogens with one attached hydrogen (secondary N) is 2. The maximum Gasteiger partial charge on any atom is 0.191 e. The highest BCUT2D eigenvalue weighted by Gasteiger charge is 2.34. The molecule has 2 N–H and O–H groups in total. The maximum atomic E-state index is 5.75. The lowest BCUT2D eigenvalue weighted by Gasteiger charge is -2.15. The number of hydrogen-bond donors (Lipinski definition) is 2. The number of hydrogen-bond acceptors (Lipinski definition) is 4. The fourth-order valence-corrected chi connectivity index (χ4v) is 3.69. The van der Waals surface area contributed by atoms with Gasteiger partial charge >= 0.3 is 0 Å². The lowest BCUT2D eigenvalue weighted by atomic mass is 10.1. The van der Waals surface area contributed by atoms with Crippen LogP contribution < -0.4 is 10.6 Å². The monoisotopic (exact) mass is 480 g/mol. The van der Waals surface area contributed by atoms with Gasteiger partial charge in [-0.3, -0.25) is 4.99 Å². The highest BCUT2D eigenvalue weighted by atomic mass is 127. The molecule has 0 spiro atoms. The molecule has 1 aliphatic carbocycles. The number of ether oxygens (including phenoxy) is 2. The first-order chi connectivity index (χ1) is 12.3. The molecule has 0 amide bonds. The summed E-state index contributed by atoms with van der Waals surface area (Å²) < 4.78 is 11.1. The van der Waals surface area contributed by atoms with Crippen LogP contribution >= 0.6 is 24.0 Å². The Morgan fingerprint density at radius 2 is 2.08 bits per heavy atom. The fourth-order valence-electron chi connectivity index (χ4n) is 3.69. The standard InChI is InChI=1S/C19H36N4O2.HI/c1-2-20-19(21-8-3-10-24-14-17-7-11-25-15-17)22-12-16-6-9-23(13-16)18-4-5-18;/h16-18H,2-15H2,1H3,(H2,20,21,22);1H. The van der Waals surface area contributed by atoms with E-state index in [1.807, 2.05) is 0 Å². The normalized spacial score (nSPS) is 26.7. The van der Waals surface area contributed by atoms with E-state index in [2.05, 4.69) is 22.5 Å². The smallest absolute Gasteiger partial charge is 0.191 e. The molecular formula is C19H37IN4O2. The first-order valence-electron chi connectivity index (χ1n) is 10.3. The van der Waals surface area contributed by atoms with Crippen LogP contribution in [0.4, 0.5) is 0 Å². The zero-order valence-corrected chi connectivity index (χ0v) is 18.6. The van der Waals surface area contributed by atoms with Gasteiger partial charge in [0.25, 0.3) is 0 Å². The third-order valence-corrected chi connectivity index (χ3v) is 5.37. The molecule has 2 heterocycles. The van der Waals surface area contributed by atoms with Crippen molar-refractivity contribution in [1.82, 2.24) is 15.5 Å². The molecule has 0 aromatic heterocycles. The molecule has 2 aliphatic heterocycles. The lowest BCUT2D eigenvalue weighted by Crippen LogP contribution is -2.38. The summed E-state index contributed by atoms with van der Waals surface area (Å²) >= 11 is 0. The molecular weight excluding hydrogens is 443 g/mol. The summed E-state index contributed by atoms with van der Waals surface area (Å²) in [6.45, 7) is 10.8. The molecule has 0 radical (unpaired) electrons. The Morgan fingerprint density at radius 1 is 1.19 bits per heavy atom. The molecule has 0 aromatic rings. The van der Waals surface area contributed by atoms with Gasteiger partial charge in [0, 0.05) is 51.4 Å². The van der Waals surface area contributed by atoms with E-state index in [1.165, 1.54) is 32.4 Å². The van der Waals surface area contributed by atoms with Crippen LogP contribution in [0.3, 0.4) is 0 Å². The van der Waals surface area contributed by atoms with Crippen LogP contribution in [-0.4, -0.2) is 76.1 Å². The number of halogens is 1. The Labute approximate surface area is 175 Å². The first-order valence-corrected chi connectivity index (χ1v) is 10.3. The molecule has 3 fully saturated rings. The van der Waals surface area contributed by atoms with Crippen molar-refractivity contribution in [3.8, 4) is 0 Å². The van der Waals surface area contributed by atoms with E-state index in [0.717, 1.165) is 76.8 Å². The van der Waals surface area contributed by atoms with Crippen molar-refractivity contribution in [3.63, 3.8) is 0 Å². The van der Waals surface area contributed by atoms with Crippen molar-refractivity contribution in [2.24, 2.45) is 16.8 Å². The van der Waals surface area contributed by atoms with Crippen molar-refractivity contribution < 1.29 is 9.47 Å². The van der Waals surface area contributed by atoms with E-state index in [1.54, 1.807) is 0 Å². The van der Waals surface area contributed by atoms with Crippen LogP contribution in [0.25, 0.3) is 0 Å². The second-order valence-electron chi connectivity index (χ2n) is 7.69. The molecule has 7 heteroatoms. The predicted molar refractivity (Wildman–Crippen MR) is 116 cm³/mol. The van der Waals surface area contributed by atoms with Gasteiger partial charge in [0.05, 0.1) is 13.2 Å². The Bertz CT molecular complexity index is 414. The molecule has 0 bridgehead atoms. The summed E-state index contributed by atoms with van der Waals surface area (Å²) in [5.74, 6) is 2.29. The first kappa shape index (κ1) is 22.2. The van der Waals surface area contributed by atoms with E-state index in [-0.39, 0.29) is 24.0 Å². The van der Waals surface area contributed by atoms with Gasteiger partial charge in [0.15, 0.2) is 5.96 Å². The molecule has 3 aliphatic rings. The van der Waals surface area contributed by atoms with Crippen molar-refractivity contribution in [3.05, 3.63) is 0 Å². The van der Waals surface area contributed by atoms with Gasteiger partial charge in [-0.1, -0.05) is 0 Å². The van der Waals surface area contributed by atoms with Crippen LogP contribution in [0.15, 0.2) is 4.99 Å². The van der Waals surface area contributed by atoms with E-state index >= 15 is 0 Å². The van der Waals surface area contributed by atoms with Gasteiger partial charge in [0.2, 0.25) is 0 Å².